The molecule has 0 radical (unpaired) electrons. The number of hydrogen-bond donors (Lipinski definition) is 1. The number of nitrogens with zero attached hydrogens (tertiary/aromatic N) is 1. The Labute approximate surface area is 132 Å². The lowest BCUT2D eigenvalue weighted by atomic mass is 10.1. The summed E-state index contributed by atoms with van der Waals surface area (Å²) in [4.78, 5) is 36.7. The second-order valence-corrected chi connectivity index (χ2v) is 6.43. The number of nitrogens with one attached hydrogen (secondary N) is 1. The van der Waals surface area contributed by atoms with Gasteiger partial charge in [0, 0.05) is 6.07 Å². The Morgan fingerprint density at radius 2 is 2.00 bits per heavy atom. The van der Waals surface area contributed by atoms with E-state index in [0.717, 1.165) is 0 Å². The Hall–Kier alpha value is -1.04. The van der Waals surface area contributed by atoms with Crippen LogP contribution in [0.15, 0.2) is 15.7 Å². The van der Waals surface area contributed by atoms with E-state index in [4.69, 9.17) is 14.2 Å². The maximum atomic E-state index is 12.0. The van der Waals surface area contributed by atoms with Gasteiger partial charge in [-0.15, -0.1) is 0 Å². The van der Waals surface area contributed by atoms with Gasteiger partial charge in [0.1, 0.15) is 18.3 Å². The molecule has 3 rings (SSSR count). The van der Waals surface area contributed by atoms with Crippen LogP contribution in [-0.4, -0.2) is 39.9 Å². The largest absolute Gasteiger partial charge is 0.341 e. The zero-order valence-corrected chi connectivity index (χ0v) is 13.4. The molecule has 2 fully saturated rings. The fourth-order valence-corrected chi connectivity index (χ4v) is 3.41. The number of halogens is 1. The SMILES string of the molecule is CC1(C)O[C@@H]2[C@H](O1)[C@@H](C=O)O[C@H]2n1c(I)cc(=O)[nH]c1=O. The summed E-state index contributed by atoms with van der Waals surface area (Å²) in [6.45, 7) is 3.45. The van der Waals surface area contributed by atoms with E-state index >= 15 is 0 Å². The summed E-state index contributed by atoms with van der Waals surface area (Å²) in [5.41, 5.74) is -1.11. The van der Waals surface area contributed by atoms with E-state index in [1.165, 1.54) is 10.6 Å². The van der Waals surface area contributed by atoms with Crippen molar-refractivity contribution >= 4 is 28.9 Å². The van der Waals surface area contributed by atoms with E-state index in [2.05, 4.69) is 4.98 Å². The van der Waals surface area contributed by atoms with Crippen LogP contribution in [0, 0.1) is 3.70 Å². The molecule has 0 spiro atoms. The maximum absolute atomic E-state index is 12.0. The number of rotatable bonds is 2. The third kappa shape index (κ3) is 2.47. The summed E-state index contributed by atoms with van der Waals surface area (Å²) in [5.74, 6) is -0.865. The zero-order valence-electron chi connectivity index (χ0n) is 11.2. The molecular formula is C12H13IN2O6. The normalized spacial score (nSPS) is 33.9. The number of aldehydes is 1. The van der Waals surface area contributed by atoms with Gasteiger partial charge in [-0.05, 0) is 36.4 Å². The molecule has 2 saturated heterocycles. The van der Waals surface area contributed by atoms with Crippen LogP contribution in [0.1, 0.15) is 20.1 Å². The number of H-pyrrole nitrogens is 1. The van der Waals surface area contributed by atoms with Crippen molar-refractivity contribution in [3.63, 3.8) is 0 Å². The zero-order chi connectivity index (χ0) is 15.4. The van der Waals surface area contributed by atoms with Crippen molar-refractivity contribution in [2.24, 2.45) is 0 Å². The van der Waals surface area contributed by atoms with Gasteiger partial charge in [0.15, 0.2) is 18.3 Å². The van der Waals surface area contributed by atoms with Crippen molar-refractivity contribution in [3.05, 3.63) is 30.6 Å². The number of hydrogen-bond acceptors (Lipinski definition) is 6. The van der Waals surface area contributed by atoms with Crippen LogP contribution in [0.2, 0.25) is 0 Å². The molecule has 0 unspecified atom stereocenters. The van der Waals surface area contributed by atoms with Gasteiger partial charge in [-0.3, -0.25) is 14.3 Å². The minimum Gasteiger partial charge on any atom is -0.341 e. The van der Waals surface area contributed by atoms with Crippen LogP contribution in [0.25, 0.3) is 0 Å². The Morgan fingerprint density at radius 1 is 1.33 bits per heavy atom. The molecule has 0 saturated carbocycles. The van der Waals surface area contributed by atoms with Crippen molar-refractivity contribution < 1.29 is 19.0 Å². The van der Waals surface area contributed by atoms with Gasteiger partial charge >= 0.3 is 5.69 Å². The predicted molar refractivity (Wildman–Crippen MR) is 77.8 cm³/mol. The highest BCUT2D eigenvalue weighted by atomic mass is 127. The topological polar surface area (TPSA) is 99.6 Å². The number of aromatic amines is 1. The lowest BCUT2D eigenvalue weighted by Crippen LogP contribution is -2.39. The number of fused-ring (bicyclic) bond motifs is 1. The summed E-state index contributed by atoms with van der Waals surface area (Å²) in [6, 6.07) is 1.27. The van der Waals surface area contributed by atoms with Gasteiger partial charge in [-0.2, -0.15) is 0 Å². The highest BCUT2D eigenvalue weighted by molar-refractivity contribution is 14.1. The first-order valence-corrected chi connectivity index (χ1v) is 7.38. The molecule has 114 valence electrons. The van der Waals surface area contributed by atoms with Gasteiger partial charge in [0.2, 0.25) is 0 Å². The average Bonchev–Trinajstić information content (AvgIpc) is 2.82. The molecule has 0 bridgehead atoms. The number of carbonyl (C=O) groups is 1. The molecule has 8 nitrogen and oxygen atoms in total. The fraction of sp³-hybridized carbons (Fsp3) is 0.583. The summed E-state index contributed by atoms with van der Waals surface area (Å²) in [5, 5.41) is 0. The second kappa shape index (κ2) is 5.00. The first-order valence-electron chi connectivity index (χ1n) is 6.30. The van der Waals surface area contributed by atoms with Crippen LogP contribution in [-0.2, 0) is 19.0 Å². The van der Waals surface area contributed by atoms with E-state index < -0.39 is 41.6 Å². The van der Waals surface area contributed by atoms with E-state index in [1.54, 1.807) is 13.8 Å². The quantitative estimate of drug-likeness (QED) is 0.412. The maximum Gasteiger partial charge on any atom is 0.331 e. The molecule has 0 aliphatic carbocycles. The monoisotopic (exact) mass is 408 g/mol. The highest BCUT2D eigenvalue weighted by Crippen LogP contribution is 2.42. The molecular weight excluding hydrogens is 395 g/mol. The Kier molecular flexibility index (Phi) is 3.55. The molecule has 21 heavy (non-hydrogen) atoms. The third-order valence-corrected chi connectivity index (χ3v) is 4.21. The lowest BCUT2D eigenvalue weighted by molar-refractivity contribution is -0.195. The average molecular weight is 408 g/mol. The molecule has 2 aliphatic rings. The van der Waals surface area contributed by atoms with Crippen molar-refractivity contribution in [1.82, 2.24) is 9.55 Å². The number of ether oxygens (including phenoxy) is 3. The molecule has 1 aromatic heterocycles. The molecule has 2 aliphatic heterocycles. The van der Waals surface area contributed by atoms with Crippen LogP contribution < -0.4 is 11.2 Å². The van der Waals surface area contributed by atoms with Gasteiger partial charge in [0.05, 0.1) is 3.70 Å². The van der Waals surface area contributed by atoms with Crippen LogP contribution in [0.5, 0.6) is 0 Å². The molecule has 1 N–H and O–H groups in total. The van der Waals surface area contributed by atoms with E-state index in [0.29, 0.717) is 9.99 Å². The Bertz CT molecular complexity index is 696. The lowest BCUT2D eigenvalue weighted by Gasteiger charge is -2.24. The van der Waals surface area contributed by atoms with Gasteiger partial charge in [-0.25, -0.2) is 4.79 Å². The molecule has 9 heteroatoms. The van der Waals surface area contributed by atoms with Gasteiger partial charge in [-0.1, -0.05) is 0 Å². The van der Waals surface area contributed by atoms with Crippen LogP contribution >= 0.6 is 22.6 Å². The number of carbonyl (C=O) groups excluding carboxylic acids is 1. The van der Waals surface area contributed by atoms with Gasteiger partial charge in [0.25, 0.3) is 5.56 Å². The summed E-state index contributed by atoms with van der Waals surface area (Å²) in [7, 11) is 0. The Morgan fingerprint density at radius 3 is 2.62 bits per heavy atom. The van der Waals surface area contributed by atoms with E-state index in [1.807, 2.05) is 22.6 Å². The third-order valence-electron chi connectivity index (χ3n) is 3.38. The van der Waals surface area contributed by atoms with Crippen molar-refractivity contribution in [2.75, 3.05) is 0 Å². The molecule has 0 amide bonds. The standard InChI is InChI=1S/C12H13IN2O6/c1-12(2)20-8-5(4-16)19-10(9(8)21-12)15-6(13)3-7(17)14-11(15)18/h3-5,8-10H,1-2H3,(H,14,17,18)/t5-,8-,9-,10-/m1/s1. The van der Waals surface area contributed by atoms with Crippen molar-refractivity contribution in [2.45, 2.75) is 44.2 Å². The van der Waals surface area contributed by atoms with E-state index in [9.17, 15) is 14.4 Å². The molecule has 3 heterocycles. The van der Waals surface area contributed by atoms with Gasteiger partial charge < -0.3 is 19.0 Å². The van der Waals surface area contributed by atoms with Crippen LogP contribution in [0.4, 0.5) is 0 Å². The second-order valence-electron chi connectivity index (χ2n) is 5.32. The Balaban J connectivity index is 2.06. The van der Waals surface area contributed by atoms with Crippen LogP contribution in [0.3, 0.4) is 0 Å². The van der Waals surface area contributed by atoms with E-state index in [-0.39, 0.29) is 0 Å². The fourth-order valence-electron chi connectivity index (χ4n) is 2.64. The first kappa shape index (κ1) is 14.9. The minimum atomic E-state index is -0.865. The summed E-state index contributed by atoms with van der Waals surface area (Å²) in [6.07, 6.45) is -2.21. The molecule has 4 atom stereocenters. The van der Waals surface area contributed by atoms with Crippen molar-refractivity contribution in [3.8, 4) is 0 Å². The first-order chi connectivity index (χ1) is 9.82. The number of aromatic nitrogens is 2. The minimum absolute atomic E-state index is 0.393. The van der Waals surface area contributed by atoms with Crippen molar-refractivity contribution in [1.29, 1.82) is 0 Å². The molecule has 0 aromatic carbocycles. The molecule has 1 aromatic rings. The summed E-state index contributed by atoms with van der Waals surface area (Å²) < 4.78 is 18.6. The highest BCUT2D eigenvalue weighted by Gasteiger charge is 2.56. The summed E-state index contributed by atoms with van der Waals surface area (Å²) >= 11 is 1.86. The smallest absolute Gasteiger partial charge is 0.331 e. The predicted octanol–water partition coefficient (Wildman–Crippen LogP) is -0.242.